The van der Waals surface area contributed by atoms with Gasteiger partial charge in [-0.25, -0.2) is 0 Å². The third-order valence-electron chi connectivity index (χ3n) is 5.74. The maximum absolute atomic E-state index is 5.51. The number of anilines is 1. The number of halogens is 1. The lowest BCUT2D eigenvalue weighted by molar-refractivity contribution is 0.0195. The number of ether oxygens (including phenoxy) is 1. The molecule has 3 rings (SSSR count). The van der Waals surface area contributed by atoms with Gasteiger partial charge >= 0.3 is 0 Å². The van der Waals surface area contributed by atoms with Crippen LogP contribution in [0.3, 0.4) is 0 Å². The van der Waals surface area contributed by atoms with Crippen LogP contribution in [-0.2, 0) is 4.74 Å². The van der Waals surface area contributed by atoms with E-state index in [0.29, 0.717) is 6.04 Å². The molecule has 0 spiro atoms. The molecule has 1 atom stereocenters. The van der Waals surface area contributed by atoms with Gasteiger partial charge in [0.15, 0.2) is 5.96 Å². The summed E-state index contributed by atoms with van der Waals surface area (Å²) >= 11 is 0. The average Bonchev–Trinajstić information content (AvgIpc) is 3.21. The van der Waals surface area contributed by atoms with E-state index in [1.165, 1.54) is 17.7 Å². The summed E-state index contributed by atoms with van der Waals surface area (Å²) in [6.45, 7) is 16.2. The first-order valence-corrected chi connectivity index (χ1v) is 10.9. The Morgan fingerprint density at radius 1 is 1.24 bits per heavy atom. The van der Waals surface area contributed by atoms with Crippen LogP contribution in [0.15, 0.2) is 29.3 Å². The Bertz CT molecular complexity index is 635. The van der Waals surface area contributed by atoms with Crippen molar-refractivity contribution in [3.05, 3.63) is 29.8 Å². The fraction of sp³-hybridized carbons (Fsp3) is 0.682. The van der Waals surface area contributed by atoms with Crippen molar-refractivity contribution in [1.82, 2.24) is 15.1 Å². The van der Waals surface area contributed by atoms with Crippen molar-refractivity contribution in [2.75, 3.05) is 70.5 Å². The number of likely N-dealkylation sites (tertiary alicyclic amines) is 1. The molecule has 2 aliphatic heterocycles. The number of likely N-dealkylation sites (N-methyl/N-ethyl adjacent to an activating group) is 1. The first-order chi connectivity index (χ1) is 13.7. The number of guanidine groups is 1. The fourth-order valence-electron chi connectivity index (χ4n) is 4.17. The van der Waals surface area contributed by atoms with E-state index in [-0.39, 0.29) is 24.0 Å². The number of aryl methyl sites for hydroxylation is 1. The highest BCUT2D eigenvalue weighted by Gasteiger charge is 2.30. The van der Waals surface area contributed by atoms with E-state index in [1.807, 2.05) is 0 Å². The predicted octanol–water partition coefficient (Wildman–Crippen LogP) is 2.81. The van der Waals surface area contributed by atoms with Gasteiger partial charge in [-0.2, -0.15) is 0 Å². The summed E-state index contributed by atoms with van der Waals surface area (Å²) < 4.78 is 5.51. The minimum Gasteiger partial charge on any atom is -0.379 e. The van der Waals surface area contributed by atoms with Crippen molar-refractivity contribution in [3.63, 3.8) is 0 Å². The standard InChI is InChI=1S/C22H37N5O.HI/c1-4-23-22(27-11-9-21(18-27)26-13-15-28-16-14-26)24-10-12-25(5-2)20-8-6-7-19(3)17-20;/h6-8,17,21H,4-5,9-16,18H2,1-3H3,(H,23,24);1H. The second kappa shape index (κ2) is 12.6. The molecule has 1 aromatic carbocycles. The smallest absolute Gasteiger partial charge is 0.194 e. The Morgan fingerprint density at radius 2 is 2.03 bits per heavy atom. The lowest BCUT2D eigenvalue weighted by Gasteiger charge is -2.32. The van der Waals surface area contributed by atoms with E-state index < -0.39 is 0 Å². The van der Waals surface area contributed by atoms with Crippen LogP contribution in [0.1, 0.15) is 25.8 Å². The Balaban J connectivity index is 0.00000300. The van der Waals surface area contributed by atoms with Gasteiger partial charge in [0.2, 0.25) is 0 Å². The van der Waals surface area contributed by atoms with Crippen molar-refractivity contribution in [2.45, 2.75) is 33.2 Å². The van der Waals surface area contributed by atoms with Gasteiger partial charge in [0.1, 0.15) is 0 Å². The zero-order chi connectivity index (χ0) is 19.8. The molecule has 0 saturated carbocycles. The van der Waals surface area contributed by atoms with Crippen LogP contribution in [0, 0.1) is 6.92 Å². The number of hydrogen-bond donors (Lipinski definition) is 1. The number of aliphatic imine (C=N–C) groups is 1. The minimum atomic E-state index is 0. The molecule has 2 aliphatic rings. The van der Waals surface area contributed by atoms with E-state index in [0.717, 1.165) is 71.5 Å². The van der Waals surface area contributed by atoms with Crippen molar-refractivity contribution in [3.8, 4) is 0 Å². The molecule has 7 heteroatoms. The van der Waals surface area contributed by atoms with Crippen LogP contribution in [0.4, 0.5) is 5.69 Å². The molecule has 29 heavy (non-hydrogen) atoms. The molecule has 1 N–H and O–H groups in total. The van der Waals surface area contributed by atoms with E-state index >= 15 is 0 Å². The van der Waals surface area contributed by atoms with E-state index in [1.54, 1.807) is 0 Å². The normalized spacial score (nSPS) is 20.4. The van der Waals surface area contributed by atoms with Gasteiger partial charge in [0, 0.05) is 57.5 Å². The fourth-order valence-corrected chi connectivity index (χ4v) is 4.17. The molecule has 1 unspecified atom stereocenters. The average molecular weight is 515 g/mol. The maximum Gasteiger partial charge on any atom is 0.194 e. The number of benzene rings is 1. The SMILES string of the molecule is CCNC(=NCCN(CC)c1cccc(C)c1)N1CCC(N2CCOCC2)C1.I. The summed E-state index contributed by atoms with van der Waals surface area (Å²) in [5.74, 6) is 1.07. The maximum atomic E-state index is 5.51. The first kappa shape index (κ1) is 24.2. The highest BCUT2D eigenvalue weighted by molar-refractivity contribution is 14.0. The first-order valence-electron chi connectivity index (χ1n) is 10.9. The molecule has 2 fully saturated rings. The van der Waals surface area contributed by atoms with Crippen molar-refractivity contribution < 1.29 is 4.74 Å². The van der Waals surface area contributed by atoms with Gasteiger partial charge in [-0.3, -0.25) is 9.89 Å². The Morgan fingerprint density at radius 3 is 2.72 bits per heavy atom. The van der Waals surface area contributed by atoms with Gasteiger partial charge in [0.25, 0.3) is 0 Å². The van der Waals surface area contributed by atoms with Crippen LogP contribution in [-0.4, -0.2) is 87.4 Å². The quantitative estimate of drug-likeness (QED) is 0.344. The summed E-state index contributed by atoms with van der Waals surface area (Å²) in [4.78, 5) is 12.4. The molecule has 2 heterocycles. The van der Waals surface area contributed by atoms with Gasteiger partial charge in [0.05, 0.1) is 19.8 Å². The number of nitrogens with zero attached hydrogens (tertiary/aromatic N) is 4. The van der Waals surface area contributed by atoms with Crippen LogP contribution in [0.2, 0.25) is 0 Å². The second-order valence-corrected chi connectivity index (χ2v) is 7.69. The van der Waals surface area contributed by atoms with Crippen molar-refractivity contribution in [2.24, 2.45) is 4.99 Å². The number of nitrogens with one attached hydrogen (secondary N) is 1. The van der Waals surface area contributed by atoms with Crippen LogP contribution < -0.4 is 10.2 Å². The number of hydrogen-bond acceptors (Lipinski definition) is 4. The monoisotopic (exact) mass is 515 g/mol. The summed E-state index contributed by atoms with van der Waals surface area (Å²) in [5, 5.41) is 3.50. The molecular weight excluding hydrogens is 477 g/mol. The molecule has 0 bridgehead atoms. The molecular formula is C22H38IN5O. The predicted molar refractivity (Wildman–Crippen MR) is 133 cm³/mol. The molecule has 2 saturated heterocycles. The van der Waals surface area contributed by atoms with Crippen LogP contribution in [0.25, 0.3) is 0 Å². The Labute approximate surface area is 193 Å². The number of morpholine rings is 1. The molecule has 0 aliphatic carbocycles. The van der Waals surface area contributed by atoms with Crippen molar-refractivity contribution >= 4 is 35.6 Å². The summed E-state index contributed by atoms with van der Waals surface area (Å²) in [5.41, 5.74) is 2.59. The van der Waals surface area contributed by atoms with Crippen LogP contribution in [0.5, 0.6) is 0 Å². The lowest BCUT2D eigenvalue weighted by atomic mass is 10.2. The summed E-state index contributed by atoms with van der Waals surface area (Å²) in [6.07, 6.45) is 1.22. The third kappa shape index (κ3) is 7.00. The highest BCUT2D eigenvalue weighted by atomic mass is 127. The van der Waals surface area contributed by atoms with Gasteiger partial charge < -0.3 is 19.9 Å². The second-order valence-electron chi connectivity index (χ2n) is 7.69. The minimum absolute atomic E-state index is 0. The van der Waals surface area contributed by atoms with Crippen molar-refractivity contribution in [1.29, 1.82) is 0 Å². The van der Waals surface area contributed by atoms with E-state index in [4.69, 9.17) is 9.73 Å². The largest absolute Gasteiger partial charge is 0.379 e. The van der Waals surface area contributed by atoms with Crippen LogP contribution >= 0.6 is 24.0 Å². The number of rotatable bonds is 7. The Kier molecular flexibility index (Phi) is 10.5. The van der Waals surface area contributed by atoms with Gasteiger partial charge in [-0.15, -0.1) is 24.0 Å². The zero-order valence-electron chi connectivity index (χ0n) is 18.3. The van der Waals surface area contributed by atoms with Gasteiger partial charge in [-0.1, -0.05) is 12.1 Å². The third-order valence-corrected chi connectivity index (χ3v) is 5.74. The zero-order valence-corrected chi connectivity index (χ0v) is 20.6. The molecule has 6 nitrogen and oxygen atoms in total. The van der Waals surface area contributed by atoms with E-state index in [2.05, 4.69) is 65.1 Å². The molecule has 0 amide bonds. The summed E-state index contributed by atoms with van der Waals surface area (Å²) in [7, 11) is 0. The highest BCUT2D eigenvalue weighted by Crippen LogP contribution is 2.18. The lowest BCUT2D eigenvalue weighted by Crippen LogP contribution is -2.46. The molecule has 164 valence electrons. The molecule has 1 aromatic rings. The van der Waals surface area contributed by atoms with E-state index in [9.17, 15) is 0 Å². The summed E-state index contributed by atoms with van der Waals surface area (Å²) in [6, 6.07) is 9.37. The molecule has 0 radical (unpaired) electrons. The Hall–Kier alpha value is -1.06. The molecule has 0 aromatic heterocycles. The van der Waals surface area contributed by atoms with Gasteiger partial charge in [-0.05, 0) is 44.9 Å². The topological polar surface area (TPSA) is 43.3 Å².